The number of esters is 1. The second kappa shape index (κ2) is 10.9. The highest BCUT2D eigenvalue weighted by molar-refractivity contribution is 7.85. The smallest absolute Gasteiger partial charge is 0.471 e. The van der Waals surface area contributed by atoms with Crippen molar-refractivity contribution in [2.45, 2.75) is 69.8 Å². The van der Waals surface area contributed by atoms with Gasteiger partial charge in [0, 0.05) is 5.92 Å². The van der Waals surface area contributed by atoms with Crippen LogP contribution in [0, 0.1) is 17.8 Å². The minimum absolute atomic E-state index is 0.158. The van der Waals surface area contributed by atoms with Gasteiger partial charge in [0.05, 0.1) is 5.56 Å². The number of carbonyl (C=O) groups excluding carboxylic acids is 1. The van der Waals surface area contributed by atoms with E-state index >= 15 is 0 Å². The lowest BCUT2D eigenvalue weighted by atomic mass is 9.84. The summed E-state index contributed by atoms with van der Waals surface area (Å²) in [5.41, 5.74) is -1.16. The van der Waals surface area contributed by atoms with Gasteiger partial charge >= 0.3 is 12.3 Å². The van der Waals surface area contributed by atoms with Crippen LogP contribution in [0.15, 0.2) is 18.2 Å². The van der Waals surface area contributed by atoms with Crippen LogP contribution in [0.2, 0.25) is 0 Å². The number of rotatable bonds is 7. The maximum absolute atomic E-state index is 13.0. The van der Waals surface area contributed by atoms with Gasteiger partial charge in [0.1, 0.15) is 12.4 Å². The Bertz CT molecular complexity index is 1030. The first-order chi connectivity index (χ1) is 15.9. The van der Waals surface area contributed by atoms with Crippen LogP contribution in [0.1, 0.15) is 68.1 Å². The van der Waals surface area contributed by atoms with Gasteiger partial charge in [-0.3, -0.25) is 4.55 Å². The van der Waals surface area contributed by atoms with Crippen molar-refractivity contribution in [3.8, 4) is 23.3 Å². The van der Waals surface area contributed by atoms with Crippen LogP contribution in [0.5, 0.6) is 11.5 Å². The molecule has 7 nitrogen and oxygen atoms in total. The predicted molar refractivity (Wildman–Crippen MR) is 116 cm³/mol. The van der Waals surface area contributed by atoms with Gasteiger partial charge in [-0.25, -0.2) is 4.79 Å². The van der Waals surface area contributed by atoms with Gasteiger partial charge in [-0.2, -0.15) is 8.42 Å². The highest BCUT2D eigenvalue weighted by Crippen LogP contribution is 2.40. The molecule has 11 heteroatoms. The molecule has 34 heavy (non-hydrogen) atoms. The summed E-state index contributed by atoms with van der Waals surface area (Å²) in [5, 5.41) is 0. The quantitative estimate of drug-likeness (QED) is 0.320. The molecule has 2 fully saturated rings. The van der Waals surface area contributed by atoms with E-state index in [4.69, 9.17) is 14.0 Å². The maximum Gasteiger partial charge on any atom is 0.573 e. The molecule has 0 radical (unpaired) electrons. The number of halogens is 3. The maximum atomic E-state index is 13.0. The van der Waals surface area contributed by atoms with E-state index in [-0.39, 0.29) is 17.2 Å². The largest absolute Gasteiger partial charge is 0.573 e. The van der Waals surface area contributed by atoms with Gasteiger partial charge in [-0.05, 0) is 56.7 Å². The van der Waals surface area contributed by atoms with Crippen molar-refractivity contribution in [1.29, 1.82) is 0 Å². The first-order valence-corrected chi connectivity index (χ1v) is 12.8. The van der Waals surface area contributed by atoms with Crippen molar-refractivity contribution in [1.82, 2.24) is 0 Å². The SMILES string of the molecule is O=C(OCCS(=O)(=O)O)c1ccc(OC(F)(F)F)c(OC2(C#CC3CCCC3)CCCCC2)c1. The first-order valence-electron chi connectivity index (χ1n) is 11.2. The van der Waals surface area contributed by atoms with Crippen LogP contribution >= 0.6 is 0 Å². The monoisotopic (exact) mass is 504 g/mol. The molecule has 1 aromatic rings. The summed E-state index contributed by atoms with van der Waals surface area (Å²) in [7, 11) is -4.34. The molecule has 0 aromatic heterocycles. The van der Waals surface area contributed by atoms with Crippen LogP contribution < -0.4 is 9.47 Å². The lowest BCUT2D eigenvalue weighted by Crippen LogP contribution is -2.37. The lowest BCUT2D eigenvalue weighted by molar-refractivity contribution is -0.275. The van der Waals surface area contributed by atoms with Crippen molar-refractivity contribution < 1.29 is 45.1 Å². The van der Waals surface area contributed by atoms with E-state index in [0.29, 0.717) is 12.8 Å². The van der Waals surface area contributed by atoms with E-state index in [1.807, 2.05) is 0 Å². The van der Waals surface area contributed by atoms with Gasteiger partial charge in [-0.15, -0.1) is 13.2 Å². The summed E-state index contributed by atoms with van der Waals surface area (Å²) in [6, 6.07) is 3.08. The first kappa shape index (κ1) is 26.2. The van der Waals surface area contributed by atoms with E-state index < -0.39 is 46.2 Å². The number of benzene rings is 1. The Morgan fingerprint density at radius 1 is 1.09 bits per heavy atom. The molecule has 2 saturated carbocycles. The second-order valence-electron chi connectivity index (χ2n) is 8.54. The highest BCUT2D eigenvalue weighted by atomic mass is 32.2. The van der Waals surface area contributed by atoms with E-state index in [0.717, 1.165) is 63.1 Å². The topological polar surface area (TPSA) is 99.1 Å². The Morgan fingerprint density at radius 3 is 2.38 bits per heavy atom. The zero-order valence-electron chi connectivity index (χ0n) is 18.5. The van der Waals surface area contributed by atoms with E-state index in [2.05, 4.69) is 16.6 Å². The third-order valence-corrected chi connectivity index (χ3v) is 6.49. The Balaban J connectivity index is 1.88. The molecule has 0 amide bonds. The summed E-state index contributed by atoms with van der Waals surface area (Å²) in [6.45, 7) is -0.620. The molecule has 0 heterocycles. The fourth-order valence-corrected chi connectivity index (χ4v) is 4.43. The van der Waals surface area contributed by atoms with Crippen molar-refractivity contribution in [2.24, 2.45) is 5.92 Å². The van der Waals surface area contributed by atoms with Crippen LogP contribution in [-0.4, -0.2) is 43.3 Å². The average Bonchev–Trinajstić information content (AvgIpc) is 3.26. The third kappa shape index (κ3) is 8.09. The number of carbonyl (C=O) groups is 1. The Labute approximate surface area is 196 Å². The number of hydrogen-bond donors (Lipinski definition) is 1. The minimum atomic E-state index is -4.98. The molecule has 2 aliphatic carbocycles. The third-order valence-electron chi connectivity index (χ3n) is 5.81. The summed E-state index contributed by atoms with van der Waals surface area (Å²) < 4.78 is 84.4. The lowest BCUT2D eigenvalue weighted by Gasteiger charge is -2.34. The average molecular weight is 505 g/mol. The van der Waals surface area contributed by atoms with E-state index in [1.165, 1.54) is 0 Å². The van der Waals surface area contributed by atoms with Gasteiger partial charge in [-0.1, -0.05) is 31.1 Å². The van der Waals surface area contributed by atoms with Gasteiger partial charge in [0.2, 0.25) is 0 Å². The van der Waals surface area contributed by atoms with Gasteiger partial charge < -0.3 is 14.2 Å². The van der Waals surface area contributed by atoms with Crippen molar-refractivity contribution >= 4 is 16.1 Å². The van der Waals surface area contributed by atoms with Crippen molar-refractivity contribution in [3.05, 3.63) is 23.8 Å². The Hall–Kier alpha value is -2.45. The molecule has 0 atom stereocenters. The molecule has 2 aliphatic rings. The molecular formula is C23H27F3O7S. The molecule has 1 aromatic carbocycles. The number of ether oxygens (including phenoxy) is 3. The van der Waals surface area contributed by atoms with Gasteiger partial charge in [0.15, 0.2) is 17.1 Å². The Morgan fingerprint density at radius 2 is 1.76 bits per heavy atom. The van der Waals surface area contributed by atoms with E-state index in [1.54, 1.807) is 0 Å². The zero-order chi connectivity index (χ0) is 24.8. The van der Waals surface area contributed by atoms with Crippen LogP contribution in [0.25, 0.3) is 0 Å². The fraction of sp³-hybridized carbons (Fsp3) is 0.609. The summed E-state index contributed by atoms with van der Waals surface area (Å²) in [4.78, 5) is 12.3. The molecule has 0 spiro atoms. The number of hydrogen-bond acceptors (Lipinski definition) is 6. The molecule has 0 bridgehead atoms. The summed E-state index contributed by atoms with van der Waals surface area (Å²) >= 11 is 0. The fourth-order valence-electron chi connectivity index (χ4n) is 4.14. The normalized spacial score (nSPS) is 18.6. The standard InChI is InChI=1S/C23H27F3O7S/c24-23(25,26)33-19-9-8-18(21(27)31-14-15-34(28,29)30)16-20(19)32-22(11-4-1-5-12-22)13-10-17-6-2-3-7-17/h8-9,16-17H,1-7,11-12,14-15H2,(H,28,29,30). The van der Waals surface area contributed by atoms with Crippen LogP contribution in [0.3, 0.4) is 0 Å². The van der Waals surface area contributed by atoms with E-state index in [9.17, 15) is 26.4 Å². The molecule has 0 unspecified atom stereocenters. The predicted octanol–water partition coefficient (Wildman–Crippen LogP) is 4.91. The van der Waals surface area contributed by atoms with Crippen LogP contribution in [-0.2, 0) is 14.9 Å². The summed E-state index contributed by atoms with van der Waals surface area (Å²) in [6.07, 6.45) is 2.79. The summed E-state index contributed by atoms with van der Waals surface area (Å²) in [5.74, 6) is 3.97. The molecular weight excluding hydrogens is 477 g/mol. The molecule has 0 saturated heterocycles. The van der Waals surface area contributed by atoms with Crippen molar-refractivity contribution in [2.75, 3.05) is 12.4 Å². The molecule has 3 rings (SSSR count). The van der Waals surface area contributed by atoms with Crippen molar-refractivity contribution in [3.63, 3.8) is 0 Å². The van der Waals surface area contributed by atoms with Gasteiger partial charge in [0.25, 0.3) is 10.1 Å². The minimum Gasteiger partial charge on any atom is -0.471 e. The zero-order valence-corrected chi connectivity index (χ0v) is 19.3. The molecule has 1 N–H and O–H groups in total. The Kier molecular flexibility index (Phi) is 8.36. The van der Waals surface area contributed by atoms with Crippen LogP contribution in [0.4, 0.5) is 13.2 Å². The second-order valence-corrected chi connectivity index (χ2v) is 10.1. The molecule has 0 aliphatic heterocycles. The highest BCUT2D eigenvalue weighted by Gasteiger charge is 2.37. The molecule has 188 valence electrons. The number of alkyl halides is 3.